The van der Waals surface area contributed by atoms with Crippen LogP contribution in [0.4, 0.5) is 0 Å². The van der Waals surface area contributed by atoms with Crippen LogP contribution in [0.3, 0.4) is 0 Å². The van der Waals surface area contributed by atoms with Gasteiger partial charge in [-0.25, -0.2) is 4.57 Å². The fourth-order valence-corrected chi connectivity index (χ4v) is 11.7. The van der Waals surface area contributed by atoms with Crippen molar-refractivity contribution in [2.75, 3.05) is 40.9 Å². The maximum Gasteiger partial charge on any atom is 0.472 e. The van der Waals surface area contributed by atoms with Gasteiger partial charge in [-0.1, -0.05) is 351 Å². The quantitative estimate of drug-likeness (QED) is 0.0243. The highest BCUT2D eigenvalue weighted by molar-refractivity contribution is 7.47. The Balaban J connectivity index is 3.96. The summed E-state index contributed by atoms with van der Waals surface area (Å²) in [5, 5.41) is 14.2. The van der Waals surface area contributed by atoms with Gasteiger partial charge >= 0.3 is 7.82 Å². The molecule has 0 aliphatic rings. The van der Waals surface area contributed by atoms with E-state index in [0.29, 0.717) is 23.9 Å². The number of hydrogen-bond donors (Lipinski definition) is 3. The van der Waals surface area contributed by atoms with Crippen LogP contribution < -0.4 is 5.32 Å². The smallest absolute Gasteiger partial charge is 0.391 e. The minimum atomic E-state index is -4.33. The molecular formula is C74H142N2O6P+. The number of phosphoric ester groups is 1. The third-order valence-electron chi connectivity index (χ3n) is 16.5. The second-order valence-corrected chi connectivity index (χ2v) is 27.4. The van der Waals surface area contributed by atoms with Crippen LogP contribution in [0.1, 0.15) is 354 Å². The lowest BCUT2D eigenvalue weighted by Gasteiger charge is -2.26. The Bertz CT molecular complexity index is 1540. The maximum absolute atomic E-state index is 13.1. The molecule has 488 valence electrons. The Kier molecular flexibility index (Phi) is 63.3. The number of unbranched alkanes of at least 4 members (excludes halogenated alkanes) is 44. The average molecular weight is 1190 g/mol. The number of amides is 1. The first-order chi connectivity index (χ1) is 40.5. The molecular weight excluding hydrogens is 1040 g/mol. The molecule has 83 heavy (non-hydrogen) atoms. The first kappa shape index (κ1) is 81.2. The van der Waals surface area contributed by atoms with Gasteiger partial charge in [0.1, 0.15) is 13.2 Å². The van der Waals surface area contributed by atoms with Gasteiger partial charge in [0.25, 0.3) is 0 Å². The molecule has 8 nitrogen and oxygen atoms in total. The van der Waals surface area contributed by atoms with E-state index in [0.717, 1.165) is 70.6 Å². The Hall–Kier alpha value is -1.80. The molecule has 0 heterocycles. The second kappa shape index (κ2) is 64.7. The highest BCUT2D eigenvalue weighted by Gasteiger charge is 2.28. The van der Waals surface area contributed by atoms with E-state index < -0.39 is 20.0 Å². The molecule has 0 fully saturated rings. The lowest BCUT2D eigenvalue weighted by molar-refractivity contribution is -0.870. The van der Waals surface area contributed by atoms with Crippen LogP contribution in [0.15, 0.2) is 60.8 Å². The molecule has 0 saturated heterocycles. The molecule has 0 rings (SSSR count). The van der Waals surface area contributed by atoms with Crippen LogP contribution in [0.25, 0.3) is 0 Å². The van der Waals surface area contributed by atoms with Gasteiger partial charge in [0, 0.05) is 6.42 Å². The van der Waals surface area contributed by atoms with Crippen molar-refractivity contribution in [3.05, 3.63) is 60.8 Å². The number of phosphoric acid groups is 1. The maximum atomic E-state index is 13.1. The second-order valence-electron chi connectivity index (χ2n) is 25.9. The standard InChI is InChI=1S/C74H141N2O6P/c1-6-8-10-12-14-16-18-20-22-24-26-28-30-32-33-34-35-36-37-38-39-40-41-42-43-44-46-48-50-52-54-56-58-60-62-64-66-68-74(78)75-72(71-82-83(79,80)81-70-69-76(3,4)5)73(77)67-65-63-61-59-57-55-53-51-49-47-45-31-29-27-25-23-21-19-17-15-13-11-9-7-2/h8,10,14,16,20,22,26,28,32-33,72-73,77H,6-7,9,11-13,15,17-19,21,23-25,27,29-31,34-71H2,1-5H3,(H-,75,78,79,80)/p+1/b10-8-,16-14-,22-20-,28-26-,33-32-. The molecule has 0 bridgehead atoms. The molecule has 9 heteroatoms. The Labute approximate surface area is 517 Å². The number of hydrogen-bond acceptors (Lipinski definition) is 5. The fourth-order valence-electron chi connectivity index (χ4n) is 11.0. The minimum Gasteiger partial charge on any atom is -0.391 e. The molecule has 0 aromatic carbocycles. The van der Waals surface area contributed by atoms with Crippen molar-refractivity contribution in [2.24, 2.45) is 0 Å². The summed E-state index contributed by atoms with van der Waals surface area (Å²) in [5.41, 5.74) is 0. The third-order valence-corrected chi connectivity index (χ3v) is 17.5. The normalized spacial score (nSPS) is 14.0. The molecule has 3 N–H and O–H groups in total. The fraction of sp³-hybridized carbons (Fsp3) is 0.851. The average Bonchev–Trinajstić information content (AvgIpc) is 3.50. The molecule has 3 atom stereocenters. The zero-order valence-corrected chi connectivity index (χ0v) is 56.8. The lowest BCUT2D eigenvalue weighted by Crippen LogP contribution is -2.46. The van der Waals surface area contributed by atoms with Crippen molar-refractivity contribution < 1.29 is 32.9 Å². The topological polar surface area (TPSA) is 105 Å². The van der Waals surface area contributed by atoms with Crippen LogP contribution in [0.2, 0.25) is 0 Å². The summed E-state index contributed by atoms with van der Waals surface area (Å²) in [5.74, 6) is -0.137. The van der Waals surface area contributed by atoms with Crippen LogP contribution in [-0.4, -0.2) is 73.4 Å². The Morgan fingerprint density at radius 3 is 1.06 bits per heavy atom. The summed E-state index contributed by atoms with van der Waals surface area (Å²) in [7, 11) is 1.63. The number of nitrogens with one attached hydrogen (secondary N) is 1. The van der Waals surface area contributed by atoms with Crippen LogP contribution >= 0.6 is 7.82 Å². The van der Waals surface area contributed by atoms with E-state index in [2.05, 4.69) is 79.9 Å². The highest BCUT2D eigenvalue weighted by Crippen LogP contribution is 2.43. The summed E-state index contributed by atoms with van der Waals surface area (Å²) in [4.78, 5) is 23.5. The van der Waals surface area contributed by atoms with Gasteiger partial charge in [0.05, 0.1) is 39.9 Å². The molecule has 0 aromatic rings. The molecule has 0 radical (unpaired) electrons. The van der Waals surface area contributed by atoms with Gasteiger partial charge in [0.2, 0.25) is 5.91 Å². The van der Waals surface area contributed by atoms with Crippen LogP contribution in [-0.2, 0) is 18.4 Å². The first-order valence-corrected chi connectivity index (χ1v) is 37.6. The third kappa shape index (κ3) is 67.6. The molecule has 0 aliphatic heterocycles. The summed E-state index contributed by atoms with van der Waals surface area (Å²) < 4.78 is 23.9. The molecule has 0 aliphatic carbocycles. The number of rotatable bonds is 67. The largest absolute Gasteiger partial charge is 0.472 e. The molecule has 3 unspecified atom stereocenters. The van der Waals surface area contributed by atoms with Gasteiger partial charge in [-0.2, -0.15) is 0 Å². The Morgan fingerprint density at radius 1 is 0.422 bits per heavy atom. The van der Waals surface area contributed by atoms with Crippen molar-refractivity contribution in [3.63, 3.8) is 0 Å². The van der Waals surface area contributed by atoms with Gasteiger partial charge < -0.3 is 19.8 Å². The SMILES string of the molecule is CC/C=C\C/C=C\C/C=C\C/C=C\C/C=C\CCCCCCCCCCCCCCCCCCCCCCCC(=O)NC(COP(=O)(O)OCC[N+](C)(C)C)C(O)CCCCCCCCCCCCCCCCCCCCCCCCCC. The number of likely N-dealkylation sites (N-methyl/N-ethyl adjacent to an activating group) is 1. The number of aliphatic hydroxyl groups excluding tert-OH is 1. The van der Waals surface area contributed by atoms with Gasteiger partial charge in [0.15, 0.2) is 0 Å². The number of allylic oxidation sites excluding steroid dienone is 10. The highest BCUT2D eigenvalue weighted by atomic mass is 31.2. The van der Waals surface area contributed by atoms with E-state index in [1.807, 2.05) is 21.1 Å². The summed E-state index contributed by atoms with van der Waals surface area (Å²) in [6.07, 6.45) is 89.0. The van der Waals surface area contributed by atoms with E-state index in [9.17, 15) is 19.4 Å². The predicted octanol–water partition coefficient (Wildman–Crippen LogP) is 23.2. The van der Waals surface area contributed by atoms with Crippen molar-refractivity contribution in [3.8, 4) is 0 Å². The van der Waals surface area contributed by atoms with Crippen molar-refractivity contribution in [1.29, 1.82) is 0 Å². The van der Waals surface area contributed by atoms with E-state index in [4.69, 9.17) is 9.05 Å². The monoisotopic (exact) mass is 1190 g/mol. The van der Waals surface area contributed by atoms with E-state index >= 15 is 0 Å². The summed E-state index contributed by atoms with van der Waals surface area (Å²) >= 11 is 0. The molecule has 1 amide bonds. The molecule has 0 aromatic heterocycles. The Morgan fingerprint density at radius 2 is 0.723 bits per heavy atom. The predicted molar refractivity (Wildman–Crippen MR) is 364 cm³/mol. The number of carbonyl (C=O) groups is 1. The zero-order valence-electron chi connectivity index (χ0n) is 55.9. The number of nitrogens with zero attached hydrogens (tertiary/aromatic N) is 1. The van der Waals surface area contributed by atoms with E-state index in [-0.39, 0.29) is 19.1 Å². The van der Waals surface area contributed by atoms with Crippen molar-refractivity contribution >= 4 is 13.7 Å². The van der Waals surface area contributed by atoms with Crippen molar-refractivity contribution in [2.45, 2.75) is 366 Å². The number of carbonyl (C=O) groups excluding carboxylic acids is 1. The molecule has 0 saturated carbocycles. The van der Waals surface area contributed by atoms with Crippen LogP contribution in [0, 0.1) is 0 Å². The van der Waals surface area contributed by atoms with Gasteiger partial charge in [-0.3, -0.25) is 13.8 Å². The van der Waals surface area contributed by atoms with Gasteiger partial charge in [-0.05, 0) is 57.8 Å². The zero-order chi connectivity index (χ0) is 60.5. The van der Waals surface area contributed by atoms with E-state index in [1.165, 1.54) is 257 Å². The number of aliphatic hydroxyl groups is 1. The lowest BCUT2D eigenvalue weighted by atomic mass is 10.0. The van der Waals surface area contributed by atoms with Gasteiger partial charge in [-0.15, -0.1) is 0 Å². The first-order valence-electron chi connectivity index (χ1n) is 36.2. The summed E-state index contributed by atoms with van der Waals surface area (Å²) in [6.45, 7) is 4.83. The number of quaternary nitrogens is 1. The minimum absolute atomic E-state index is 0.0760. The van der Waals surface area contributed by atoms with Crippen LogP contribution in [0.5, 0.6) is 0 Å². The van der Waals surface area contributed by atoms with E-state index in [1.54, 1.807) is 0 Å². The summed E-state index contributed by atoms with van der Waals surface area (Å²) in [6, 6.07) is -0.762. The molecule has 0 spiro atoms. The van der Waals surface area contributed by atoms with Crippen molar-refractivity contribution in [1.82, 2.24) is 5.32 Å².